The predicted octanol–water partition coefficient (Wildman–Crippen LogP) is 6.00. The van der Waals surface area contributed by atoms with E-state index in [1.807, 2.05) is 86.6 Å². The Balaban J connectivity index is 1.76. The van der Waals surface area contributed by atoms with E-state index in [0.29, 0.717) is 12.2 Å². The lowest BCUT2D eigenvalue weighted by atomic mass is 10.0. The second-order valence-electron chi connectivity index (χ2n) is 10.7. The third kappa shape index (κ3) is 8.57. The van der Waals surface area contributed by atoms with Crippen LogP contribution in [-0.4, -0.2) is 44.3 Å². The number of aryl methyl sites for hydroxylation is 1. The molecule has 0 saturated heterocycles. The maximum absolute atomic E-state index is 14.4. The first-order chi connectivity index (χ1) is 21.3. The Morgan fingerprint density at radius 3 is 1.86 bits per heavy atom. The van der Waals surface area contributed by atoms with Crippen molar-refractivity contribution in [2.45, 2.75) is 57.0 Å². The van der Waals surface area contributed by atoms with Gasteiger partial charge in [0.25, 0.3) is 10.0 Å². The Bertz CT molecular complexity index is 1580. The molecule has 2 amide bonds. The van der Waals surface area contributed by atoms with Crippen LogP contribution in [-0.2, 0) is 39.0 Å². The highest BCUT2D eigenvalue weighted by Crippen LogP contribution is 2.25. The van der Waals surface area contributed by atoms with E-state index in [9.17, 15) is 18.0 Å². The fraction of sp³-hybridized carbons (Fsp3) is 0.278. The highest BCUT2D eigenvalue weighted by Gasteiger charge is 2.34. The summed E-state index contributed by atoms with van der Waals surface area (Å²) in [6, 6.07) is 33.5. The quantitative estimate of drug-likeness (QED) is 0.167. The van der Waals surface area contributed by atoms with Crippen molar-refractivity contribution in [1.82, 2.24) is 10.2 Å². The zero-order valence-electron chi connectivity index (χ0n) is 25.4. The molecule has 1 atom stereocenters. The van der Waals surface area contributed by atoms with Gasteiger partial charge in [-0.15, -0.1) is 0 Å². The Kier molecular flexibility index (Phi) is 11.7. The van der Waals surface area contributed by atoms with Crippen LogP contribution in [0.2, 0.25) is 0 Å². The molecular weight excluding hydrogens is 570 g/mol. The number of unbranched alkanes of at least 4 members (excludes halogenated alkanes) is 1. The number of carbonyl (C=O) groups excluding carboxylic acids is 2. The van der Waals surface area contributed by atoms with E-state index < -0.39 is 28.5 Å². The van der Waals surface area contributed by atoms with Crippen LogP contribution < -0.4 is 9.62 Å². The second kappa shape index (κ2) is 15.9. The Morgan fingerprint density at radius 2 is 1.30 bits per heavy atom. The highest BCUT2D eigenvalue weighted by molar-refractivity contribution is 7.92. The largest absolute Gasteiger partial charge is 0.354 e. The van der Waals surface area contributed by atoms with Crippen molar-refractivity contribution in [3.63, 3.8) is 0 Å². The van der Waals surface area contributed by atoms with Crippen molar-refractivity contribution in [2.75, 3.05) is 17.4 Å². The molecule has 8 heteroatoms. The molecule has 0 aliphatic rings. The summed E-state index contributed by atoms with van der Waals surface area (Å²) in [5, 5.41) is 3.01. The Morgan fingerprint density at radius 1 is 0.727 bits per heavy atom. The summed E-state index contributed by atoms with van der Waals surface area (Å²) in [5.74, 6) is -0.740. The number of rotatable bonds is 15. The minimum absolute atomic E-state index is 0.0834. The Hall–Kier alpha value is -4.43. The van der Waals surface area contributed by atoms with Crippen molar-refractivity contribution in [2.24, 2.45) is 0 Å². The smallest absolute Gasteiger partial charge is 0.264 e. The molecule has 0 saturated carbocycles. The van der Waals surface area contributed by atoms with Gasteiger partial charge in [0.15, 0.2) is 0 Å². The summed E-state index contributed by atoms with van der Waals surface area (Å²) in [6.45, 7) is 4.24. The Labute approximate surface area is 261 Å². The molecule has 0 heterocycles. The van der Waals surface area contributed by atoms with Crippen molar-refractivity contribution >= 4 is 27.5 Å². The molecule has 1 unspecified atom stereocenters. The van der Waals surface area contributed by atoms with E-state index in [2.05, 4.69) is 5.32 Å². The first kappa shape index (κ1) is 32.5. The summed E-state index contributed by atoms with van der Waals surface area (Å²) in [6.07, 6.45) is 2.81. The van der Waals surface area contributed by atoms with Crippen molar-refractivity contribution in [3.05, 3.63) is 132 Å². The lowest BCUT2D eigenvalue weighted by Crippen LogP contribution is -2.53. The standard InChI is InChI=1S/C36H41N3O4S/c1-3-5-25-37-36(41)34(26-30-15-9-6-10-16-30)38(27-31-17-11-7-12-18-31)35(40)28-39(32-23-21-29(4-2)22-24-32)44(42,43)33-19-13-8-14-20-33/h6-24,34H,3-5,25-28H2,1-2H3,(H,37,41). The van der Waals surface area contributed by atoms with Crippen LogP contribution in [0, 0.1) is 0 Å². The average molecular weight is 612 g/mol. The number of hydrogen-bond acceptors (Lipinski definition) is 4. The number of anilines is 1. The van der Waals surface area contributed by atoms with Gasteiger partial charge in [-0.25, -0.2) is 8.42 Å². The summed E-state index contributed by atoms with van der Waals surface area (Å²) in [5.41, 5.74) is 3.17. The summed E-state index contributed by atoms with van der Waals surface area (Å²) < 4.78 is 29.2. The summed E-state index contributed by atoms with van der Waals surface area (Å²) in [7, 11) is -4.11. The molecule has 230 valence electrons. The number of hydrogen-bond donors (Lipinski definition) is 1. The van der Waals surface area contributed by atoms with Gasteiger partial charge in [0.05, 0.1) is 10.6 Å². The van der Waals surface area contributed by atoms with E-state index in [1.54, 1.807) is 30.3 Å². The van der Waals surface area contributed by atoms with Gasteiger partial charge in [0.1, 0.15) is 12.6 Å². The maximum Gasteiger partial charge on any atom is 0.264 e. The number of benzene rings is 4. The van der Waals surface area contributed by atoms with Gasteiger partial charge in [-0.1, -0.05) is 111 Å². The number of amides is 2. The van der Waals surface area contributed by atoms with Crippen molar-refractivity contribution in [1.29, 1.82) is 0 Å². The van der Waals surface area contributed by atoms with Gasteiger partial charge in [-0.05, 0) is 53.8 Å². The van der Waals surface area contributed by atoms with Crippen LogP contribution in [0.15, 0.2) is 120 Å². The fourth-order valence-electron chi connectivity index (χ4n) is 4.99. The molecule has 1 N–H and O–H groups in total. The van der Waals surface area contributed by atoms with Gasteiger partial charge in [-0.3, -0.25) is 13.9 Å². The van der Waals surface area contributed by atoms with Gasteiger partial charge < -0.3 is 10.2 Å². The first-order valence-corrected chi connectivity index (χ1v) is 16.6. The minimum Gasteiger partial charge on any atom is -0.354 e. The van der Waals surface area contributed by atoms with E-state index in [4.69, 9.17) is 0 Å². The van der Waals surface area contributed by atoms with E-state index in [-0.39, 0.29) is 23.8 Å². The number of nitrogens with zero attached hydrogens (tertiary/aromatic N) is 2. The molecule has 0 spiro atoms. The number of sulfonamides is 1. The second-order valence-corrected chi connectivity index (χ2v) is 12.6. The summed E-state index contributed by atoms with van der Waals surface area (Å²) in [4.78, 5) is 29.8. The molecule has 0 radical (unpaired) electrons. The van der Waals surface area contributed by atoms with Gasteiger partial charge in [0.2, 0.25) is 11.8 Å². The predicted molar refractivity (Wildman–Crippen MR) is 176 cm³/mol. The van der Waals surface area contributed by atoms with Crippen LogP contribution in [0.3, 0.4) is 0 Å². The molecule has 4 rings (SSSR count). The van der Waals surface area contributed by atoms with Gasteiger partial charge in [-0.2, -0.15) is 0 Å². The average Bonchev–Trinajstić information content (AvgIpc) is 3.06. The van der Waals surface area contributed by atoms with Crippen molar-refractivity contribution < 1.29 is 18.0 Å². The van der Waals surface area contributed by atoms with E-state index >= 15 is 0 Å². The van der Waals surface area contributed by atoms with Crippen molar-refractivity contribution in [3.8, 4) is 0 Å². The molecule has 44 heavy (non-hydrogen) atoms. The van der Waals surface area contributed by atoms with Crippen LogP contribution >= 0.6 is 0 Å². The first-order valence-electron chi connectivity index (χ1n) is 15.1. The molecule has 0 aliphatic carbocycles. The van der Waals surface area contributed by atoms with E-state index in [0.717, 1.165) is 40.3 Å². The van der Waals surface area contributed by atoms with Gasteiger partial charge >= 0.3 is 0 Å². The molecule has 0 aromatic heterocycles. The zero-order chi connectivity index (χ0) is 31.4. The summed E-state index contributed by atoms with van der Waals surface area (Å²) >= 11 is 0. The van der Waals surface area contributed by atoms with Crippen LogP contribution in [0.25, 0.3) is 0 Å². The lowest BCUT2D eigenvalue weighted by molar-refractivity contribution is -0.140. The lowest BCUT2D eigenvalue weighted by Gasteiger charge is -2.34. The van der Waals surface area contributed by atoms with Crippen LogP contribution in [0.5, 0.6) is 0 Å². The maximum atomic E-state index is 14.4. The molecule has 4 aromatic carbocycles. The number of carbonyl (C=O) groups is 2. The molecule has 4 aromatic rings. The topological polar surface area (TPSA) is 86.8 Å². The normalized spacial score (nSPS) is 11.9. The fourth-order valence-corrected chi connectivity index (χ4v) is 6.42. The van der Waals surface area contributed by atoms with Crippen LogP contribution in [0.4, 0.5) is 5.69 Å². The van der Waals surface area contributed by atoms with E-state index in [1.165, 1.54) is 17.0 Å². The highest BCUT2D eigenvalue weighted by atomic mass is 32.2. The van der Waals surface area contributed by atoms with Crippen LogP contribution in [0.1, 0.15) is 43.4 Å². The molecule has 0 aliphatic heterocycles. The monoisotopic (exact) mass is 611 g/mol. The minimum atomic E-state index is -4.11. The molecule has 0 fully saturated rings. The zero-order valence-corrected chi connectivity index (χ0v) is 26.2. The molecule has 7 nitrogen and oxygen atoms in total. The molecular formula is C36H41N3O4S. The van der Waals surface area contributed by atoms with Gasteiger partial charge in [0, 0.05) is 19.5 Å². The third-order valence-corrected chi connectivity index (χ3v) is 9.33. The third-order valence-electron chi connectivity index (χ3n) is 7.54. The SMILES string of the molecule is CCCCNC(=O)C(Cc1ccccc1)N(Cc1ccccc1)C(=O)CN(c1ccc(CC)cc1)S(=O)(=O)c1ccccc1. The molecule has 0 bridgehead atoms. The number of nitrogens with one attached hydrogen (secondary N) is 1.